The van der Waals surface area contributed by atoms with Crippen molar-refractivity contribution in [3.8, 4) is 0 Å². The first kappa shape index (κ1) is 37.0. The maximum Gasteiger partial charge on any atom is 0.433 e. The molecule has 4 aliphatic rings. The van der Waals surface area contributed by atoms with E-state index in [0.717, 1.165) is 43.2 Å². The van der Waals surface area contributed by atoms with Crippen LogP contribution in [-0.2, 0) is 22.8 Å². The van der Waals surface area contributed by atoms with Crippen LogP contribution in [0.3, 0.4) is 0 Å². The molecule has 3 amide bonds. The normalized spacial score (nSPS) is 23.4. The highest BCUT2D eigenvalue weighted by molar-refractivity contribution is 6.04. The summed E-state index contributed by atoms with van der Waals surface area (Å²) in [7, 11) is 1.60. The molecular weight excluding hydrogens is 753 g/mol. The Kier molecular flexibility index (Phi) is 8.56. The number of rotatable bonds is 7. The van der Waals surface area contributed by atoms with Gasteiger partial charge in [0.1, 0.15) is 23.0 Å². The van der Waals surface area contributed by atoms with Gasteiger partial charge in [-0.15, -0.1) is 0 Å². The highest BCUT2D eigenvalue weighted by Gasteiger charge is 2.72. The number of likely N-dealkylation sites (tertiary alicyclic amines) is 1. The fourth-order valence-electron chi connectivity index (χ4n) is 9.13. The molecule has 2 aromatic carbocycles. The van der Waals surface area contributed by atoms with Gasteiger partial charge in [-0.2, -0.15) is 18.3 Å². The summed E-state index contributed by atoms with van der Waals surface area (Å²) >= 11 is 0. The van der Waals surface area contributed by atoms with Gasteiger partial charge < -0.3 is 10.2 Å². The quantitative estimate of drug-likeness (QED) is 0.168. The molecular formula is C39H38F5N9O4. The second-order valence-electron chi connectivity index (χ2n) is 15.7. The molecule has 1 aliphatic carbocycles. The van der Waals surface area contributed by atoms with E-state index in [1.807, 2.05) is 20.7 Å². The molecule has 6 heterocycles. The average molecular weight is 792 g/mol. The Bertz CT molecular complexity index is 2510. The second kappa shape index (κ2) is 13.2. The Labute approximate surface area is 321 Å². The number of piperidine rings is 1. The zero-order valence-corrected chi connectivity index (χ0v) is 30.7. The van der Waals surface area contributed by atoms with Crippen LogP contribution in [0.5, 0.6) is 0 Å². The van der Waals surface area contributed by atoms with Crippen molar-refractivity contribution in [2.24, 2.45) is 13.0 Å². The predicted molar refractivity (Wildman–Crippen MR) is 198 cm³/mol. The fraction of sp³-hybridized carbons (Fsp3) is 0.436. The van der Waals surface area contributed by atoms with Crippen molar-refractivity contribution >= 4 is 51.0 Å². The third-order valence-corrected chi connectivity index (χ3v) is 12.2. The van der Waals surface area contributed by atoms with E-state index in [1.165, 1.54) is 15.2 Å². The van der Waals surface area contributed by atoms with E-state index < -0.39 is 46.9 Å². The number of carbonyl (C=O) groups excluding carboxylic acids is 3. The number of nitrogens with zero attached hydrogens (tertiary/aromatic N) is 7. The van der Waals surface area contributed by atoms with Crippen molar-refractivity contribution < 1.29 is 36.3 Å². The largest absolute Gasteiger partial charge is 0.433 e. The molecule has 1 unspecified atom stereocenters. The van der Waals surface area contributed by atoms with Crippen LogP contribution in [0.4, 0.5) is 33.3 Å². The van der Waals surface area contributed by atoms with Crippen molar-refractivity contribution in [1.29, 1.82) is 0 Å². The van der Waals surface area contributed by atoms with Gasteiger partial charge in [0.15, 0.2) is 0 Å². The summed E-state index contributed by atoms with van der Waals surface area (Å²) in [5, 5.41) is 10.4. The van der Waals surface area contributed by atoms with E-state index in [1.54, 1.807) is 43.4 Å². The molecule has 1 saturated carbocycles. The summed E-state index contributed by atoms with van der Waals surface area (Å²) in [5.41, 5.74) is -0.472. The van der Waals surface area contributed by atoms with Crippen molar-refractivity contribution in [2.75, 3.05) is 36.4 Å². The molecule has 1 spiro atoms. The summed E-state index contributed by atoms with van der Waals surface area (Å²) in [5.74, 6) is -4.36. The van der Waals surface area contributed by atoms with E-state index in [9.17, 15) is 32.3 Å². The maximum absolute atomic E-state index is 15.5. The molecule has 5 aromatic rings. The van der Waals surface area contributed by atoms with Gasteiger partial charge in [0.05, 0.1) is 34.8 Å². The summed E-state index contributed by atoms with van der Waals surface area (Å²) < 4.78 is 74.9. The first-order chi connectivity index (χ1) is 27.1. The van der Waals surface area contributed by atoms with Crippen molar-refractivity contribution in [1.82, 2.24) is 34.1 Å². The number of hydrogen-bond acceptors (Lipinski definition) is 8. The Morgan fingerprint density at radius 2 is 1.72 bits per heavy atom. The molecule has 1 atom stereocenters. The fourth-order valence-corrected chi connectivity index (χ4v) is 9.13. The molecule has 57 heavy (non-hydrogen) atoms. The molecule has 3 aliphatic heterocycles. The van der Waals surface area contributed by atoms with Gasteiger partial charge in [0.2, 0.25) is 11.8 Å². The van der Waals surface area contributed by atoms with Crippen LogP contribution in [-0.4, -0.2) is 84.2 Å². The number of hydrogen-bond donors (Lipinski definition) is 2. The minimum Gasteiger partial charge on any atom is -0.365 e. The van der Waals surface area contributed by atoms with E-state index in [0.29, 0.717) is 34.5 Å². The molecule has 3 aromatic heterocycles. The van der Waals surface area contributed by atoms with Crippen LogP contribution >= 0.6 is 0 Å². The third-order valence-electron chi connectivity index (χ3n) is 12.2. The lowest BCUT2D eigenvalue weighted by molar-refractivity contribution is -0.258. The predicted octanol–water partition coefficient (Wildman–Crippen LogP) is 5.27. The lowest BCUT2D eigenvalue weighted by Crippen LogP contribution is -2.87. The van der Waals surface area contributed by atoms with Crippen LogP contribution in [0, 0.1) is 5.92 Å². The average Bonchev–Trinajstić information content (AvgIpc) is 3.69. The molecule has 13 nitrogen and oxygen atoms in total. The van der Waals surface area contributed by atoms with Gasteiger partial charge in [-0.3, -0.25) is 38.4 Å². The van der Waals surface area contributed by atoms with Crippen molar-refractivity contribution in [2.45, 2.75) is 68.2 Å². The summed E-state index contributed by atoms with van der Waals surface area (Å²) in [6, 6.07) is 12.7. The van der Waals surface area contributed by atoms with Crippen LogP contribution < -0.4 is 21.2 Å². The number of aromatic nitrogens is 5. The third kappa shape index (κ3) is 6.15. The lowest BCUT2D eigenvalue weighted by Gasteiger charge is -2.67. The zero-order valence-electron chi connectivity index (χ0n) is 30.7. The maximum atomic E-state index is 15.5. The molecule has 2 N–H and O–H groups in total. The minimum absolute atomic E-state index is 0.0883. The molecule has 4 fully saturated rings. The number of imide groups is 1. The Morgan fingerprint density at radius 1 is 0.965 bits per heavy atom. The zero-order chi connectivity index (χ0) is 40.0. The number of alkyl halides is 5. The summed E-state index contributed by atoms with van der Waals surface area (Å²) in [6.45, 7) is 0.397. The number of amides is 3. The van der Waals surface area contributed by atoms with Crippen molar-refractivity contribution in [3.63, 3.8) is 0 Å². The van der Waals surface area contributed by atoms with E-state index in [-0.39, 0.29) is 56.0 Å². The van der Waals surface area contributed by atoms with Crippen molar-refractivity contribution in [3.05, 3.63) is 82.7 Å². The highest BCUT2D eigenvalue weighted by Crippen LogP contribution is 2.53. The smallest absolute Gasteiger partial charge is 0.365 e. The number of para-hydroxylation sites is 1. The number of carbonyl (C=O) groups is 3. The van der Waals surface area contributed by atoms with Gasteiger partial charge in [-0.1, -0.05) is 12.1 Å². The van der Waals surface area contributed by atoms with Gasteiger partial charge in [-0.05, 0) is 80.5 Å². The number of halogens is 5. The topological polar surface area (TPSA) is 139 Å². The molecule has 9 rings (SSSR count). The van der Waals surface area contributed by atoms with Crippen LogP contribution in [0.2, 0.25) is 0 Å². The SMILES string of the molecule is Cn1c(=O)n(C2CCC(=O)NC2=O)c2cccc(N3CC4(C3)N(CC3CCC(n5cc6cc(NC(=O)c7cccc(C(F)(F)F)n7)ccc6n5)CC3)CC4(F)F)c21. The number of nitrogens with one attached hydrogen (secondary N) is 2. The lowest BCUT2D eigenvalue weighted by atomic mass is 9.72. The van der Waals surface area contributed by atoms with Crippen LogP contribution in [0.25, 0.3) is 21.9 Å². The van der Waals surface area contributed by atoms with Gasteiger partial charge >= 0.3 is 11.9 Å². The van der Waals surface area contributed by atoms with Crippen LogP contribution in [0.1, 0.15) is 66.8 Å². The number of fused-ring (bicyclic) bond motifs is 2. The standard InChI is InChI=1S/C39H38F5N9O4/c1-49-33-28(5-3-6-29(33)53(36(49)57)30-14-15-32(54)47-35(30)56)50-19-37(20-50)38(40,41)21-51(37)17-22-8-11-25(12-9-22)52-18-23-16-24(10-13-26(23)48-52)45-34(55)27-4-2-7-31(46-27)39(42,43)44/h2-7,10,13,16,18,22,25,30H,8-9,11-12,14-15,17,19-21H2,1H3,(H,45,55)(H,47,54,56). The van der Waals surface area contributed by atoms with Gasteiger partial charge in [0, 0.05) is 50.4 Å². The molecule has 3 saturated heterocycles. The second-order valence-corrected chi connectivity index (χ2v) is 15.7. The number of aryl methyl sites for hydroxylation is 1. The molecule has 298 valence electrons. The molecule has 0 radical (unpaired) electrons. The summed E-state index contributed by atoms with van der Waals surface area (Å²) in [4.78, 5) is 57.8. The molecule has 18 heteroatoms. The first-order valence-electron chi connectivity index (χ1n) is 18.9. The van der Waals surface area contributed by atoms with Gasteiger partial charge in [0.25, 0.3) is 11.8 Å². The number of anilines is 2. The van der Waals surface area contributed by atoms with Crippen LogP contribution in [0.15, 0.2) is 65.6 Å². The molecule has 0 bridgehead atoms. The Balaban J connectivity index is 0.837. The monoisotopic (exact) mass is 791 g/mol. The Morgan fingerprint density at radius 3 is 2.44 bits per heavy atom. The number of pyridine rings is 1. The van der Waals surface area contributed by atoms with E-state index in [4.69, 9.17) is 5.10 Å². The number of benzene rings is 2. The van der Waals surface area contributed by atoms with Gasteiger partial charge in [-0.25, -0.2) is 18.6 Å². The summed E-state index contributed by atoms with van der Waals surface area (Å²) in [6.07, 6.45) is 0.752. The first-order valence-corrected chi connectivity index (χ1v) is 18.9. The Hall–Kier alpha value is -5.65. The van der Waals surface area contributed by atoms with E-state index >= 15 is 8.78 Å². The minimum atomic E-state index is -4.67. The van der Waals surface area contributed by atoms with E-state index in [2.05, 4.69) is 15.6 Å². The highest BCUT2D eigenvalue weighted by atomic mass is 19.4. The number of imidazole rings is 1.